The Bertz CT molecular complexity index is 747. The van der Waals surface area contributed by atoms with Crippen LogP contribution in [0.4, 0.5) is 0 Å². The van der Waals surface area contributed by atoms with Crippen molar-refractivity contribution >= 4 is 5.71 Å². The molecule has 0 radical (unpaired) electrons. The third-order valence-corrected chi connectivity index (χ3v) is 4.06. The number of hydrogen-bond acceptors (Lipinski definition) is 5. The number of benzene rings is 2. The van der Waals surface area contributed by atoms with Gasteiger partial charge in [0, 0.05) is 0 Å². The summed E-state index contributed by atoms with van der Waals surface area (Å²) in [6.45, 7) is 6.67. The van der Waals surface area contributed by atoms with E-state index < -0.39 is 0 Å². The van der Waals surface area contributed by atoms with Gasteiger partial charge in [-0.1, -0.05) is 6.07 Å². The van der Waals surface area contributed by atoms with Gasteiger partial charge < -0.3 is 19.6 Å². The van der Waals surface area contributed by atoms with Gasteiger partial charge in [0.2, 0.25) is 0 Å². The maximum atomic E-state index is 5.41. The second-order valence-corrected chi connectivity index (χ2v) is 5.86. The minimum absolute atomic E-state index is 0.603. The van der Waals surface area contributed by atoms with Crippen molar-refractivity contribution in [1.82, 2.24) is 5.43 Å². The Balaban J connectivity index is 2.09. The van der Waals surface area contributed by atoms with Gasteiger partial charge in [-0.25, -0.2) is 0 Å². The Morgan fingerprint density at radius 3 is 2.12 bits per heavy atom. The number of rotatable bonds is 7. The number of ether oxygens (including phenoxy) is 3. The molecule has 0 bridgehead atoms. The molecule has 0 saturated carbocycles. The highest BCUT2D eigenvalue weighted by Gasteiger charge is 2.07. The molecule has 0 heterocycles. The molecule has 0 aliphatic heterocycles. The minimum Gasteiger partial charge on any atom is -0.496 e. The average Bonchev–Trinajstić information content (AvgIpc) is 2.61. The lowest BCUT2D eigenvalue weighted by Crippen LogP contribution is -2.10. The molecular formula is C20H26N2O3. The van der Waals surface area contributed by atoms with Gasteiger partial charge in [0.15, 0.2) is 11.5 Å². The van der Waals surface area contributed by atoms with Crippen molar-refractivity contribution in [2.24, 2.45) is 5.10 Å². The van der Waals surface area contributed by atoms with E-state index in [0.29, 0.717) is 12.3 Å². The van der Waals surface area contributed by atoms with E-state index in [1.165, 1.54) is 0 Å². The van der Waals surface area contributed by atoms with Crippen LogP contribution in [0.5, 0.6) is 17.2 Å². The van der Waals surface area contributed by atoms with Crippen LogP contribution in [0.2, 0.25) is 0 Å². The van der Waals surface area contributed by atoms with Crippen LogP contribution < -0.4 is 19.6 Å². The highest BCUT2D eigenvalue weighted by Crippen LogP contribution is 2.27. The van der Waals surface area contributed by atoms with Gasteiger partial charge in [0.05, 0.1) is 33.6 Å². The molecule has 5 heteroatoms. The Morgan fingerprint density at radius 1 is 0.920 bits per heavy atom. The molecule has 0 aliphatic carbocycles. The van der Waals surface area contributed by atoms with Gasteiger partial charge in [-0.05, 0) is 67.3 Å². The Labute approximate surface area is 149 Å². The van der Waals surface area contributed by atoms with E-state index in [2.05, 4.69) is 22.7 Å². The Kier molecular flexibility index (Phi) is 6.28. The van der Waals surface area contributed by atoms with E-state index in [0.717, 1.165) is 39.5 Å². The summed E-state index contributed by atoms with van der Waals surface area (Å²) in [6, 6.07) is 9.99. The van der Waals surface area contributed by atoms with Gasteiger partial charge in [0.25, 0.3) is 0 Å². The molecule has 0 amide bonds. The second-order valence-electron chi connectivity index (χ2n) is 5.86. The van der Waals surface area contributed by atoms with Crippen LogP contribution in [0.1, 0.15) is 29.2 Å². The topological polar surface area (TPSA) is 52.1 Å². The molecule has 25 heavy (non-hydrogen) atoms. The van der Waals surface area contributed by atoms with Gasteiger partial charge in [-0.3, -0.25) is 0 Å². The summed E-state index contributed by atoms with van der Waals surface area (Å²) >= 11 is 0. The highest BCUT2D eigenvalue weighted by atomic mass is 16.5. The predicted molar refractivity (Wildman–Crippen MR) is 101 cm³/mol. The van der Waals surface area contributed by atoms with Gasteiger partial charge in [-0.2, -0.15) is 5.10 Å². The maximum Gasteiger partial charge on any atom is 0.161 e. The fourth-order valence-corrected chi connectivity index (χ4v) is 2.79. The lowest BCUT2D eigenvalue weighted by molar-refractivity contribution is 0.354. The number of hydrazone groups is 1. The molecule has 0 aliphatic rings. The first-order valence-electron chi connectivity index (χ1n) is 8.13. The molecule has 0 spiro atoms. The SMILES string of the molecule is COc1ccc(CN/N=C(/C)c2cc(C)c(OC)c(C)c2)cc1OC. The molecule has 0 fully saturated rings. The van der Waals surface area contributed by atoms with E-state index in [1.54, 1.807) is 21.3 Å². The van der Waals surface area contributed by atoms with E-state index in [-0.39, 0.29) is 0 Å². The summed E-state index contributed by atoms with van der Waals surface area (Å²) in [5, 5.41) is 4.48. The normalized spacial score (nSPS) is 11.2. The molecule has 134 valence electrons. The summed E-state index contributed by atoms with van der Waals surface area (Å²) in [4.78, 5) is 0. The van der Waals surface area contributed by atoms with Crippen molar-refractivity contribution < 1.29 is 14.2 Å². The van der Waals surface area contributed by atoms with Crippen molar-refractivity contribution in [2.75, 3.05) is 21.3 Å². The standard InChI is InChI=1S/C20H26N2O3/c1-13-9-17(10-14(2)20(13)25-6)15(3)22-21-12-16-7-8-18(23-4)19(11-16)24-5/h7-11,21H,12H2,1-6H3/b22-15-. The van der Waals surface area contributed by atoms with Gasteiger partial charge in [0.1, 0.15) is 5.75 Å². The smallest absolute Gasteiger partial charge is 0.161 e. The van der Waals surface area contributed by atoms with Crippen LogP contribution in [0, 0.1) is 13.8 Å². The summed E-state index contributed by atoms with van der Waals surface area (Å²) in [5.74, 6) is 2.36. The van der Waals surface area contributed by atoms with Crippen molar-refractivity contribution in [3.63, 3.8) is 0 Å². The number of nitrogens with zero attached hydrogens (tertiary/aromatic N) is 1. The molecule has 2 aromatic rings. The molecule has 2 aromatic carbocycles. The molecule has 0 aromatic heterocycles. The largest absolute Gasteiger partial charge is 0.496 e. The molecule has 1 N–H and O–H groups in total. The van der Waals surface area contributed by atoms with E-state index in [4.69, 9.17) is 14.2 Å². The quantitative estimate of drug-likeness (QED) is 0.613. The van der Waals surface area contributed by atoms with Crippen LogP contribution in [-0.4, -0.2) is 27.0 Å². The fraction of sp³-hybridized carbons (Fsp3) is 0.350. The predicted octanol–water partition coefficient (Wildman–Crippen LogP) is 3.84. The highest BCUT2D eigenvalue weighted by molar-refractivity contribution is 5.99. The van der Waals surface area contributed by atoms with E-state index >= 15 is 0 Å². The number of aryl methyl sites for hydroxylation is 2. The number of hydrogen-bond donors (Lipinski definition) is 1. The Morgan fingerprint density at radius 2 is 1.56 bits per heavy atom. The monoisotopic (exact) mass is 342 g/mol. The molecule has 0 unspecified atom stereocenters. The third-order valence-electron chi connectivity index (χ3n) is 4.06. The molecule has 0 saturated heterocycles. The van der Waals surface area contributed by atoms with Crippen molar-refractivity contribution in [2.45, 2.75) is 27.3 Å². The lowest BCUT2D eigenvalue weighted by Gasteiger charge is -2.12. The van der Waals surface area contributed by atoms with Crippen LogP contribution in [-0.2, 0) is 6.54 Å². The summed E-state index contributed by atoms with van der Waals surface area (Å²) in [7, 11) is 4.95. The average molecular weight is 342 g/mol. The summed E-state index contributed by atoms with van der Waals surface area (Å²) in [5.41, 5.74) is 8.39. The van der Waals surface area contributed by atoms with Crippen LogP contribution in [0.3, 0.4) is 0 Å². The molecule has 5 nitrogen and oxygen atoms in total. The maximum absolute atomic E-state index is 5.41. The molecular weight excluding hydrogens is 316 g/mol. The van der Waals surface area contributed by atoms with Gasteiger partial charge in [-0.15, -0.1) is 0 Å². The number of methoxy groups -OCH3 is 3. The zero-order valence-electron chi connectivity index (χ0n) is 15.8. The molecule has 0 atom stereocenters. The van der Waals surface area contributed by atoms with Crippen molar-refractivity contribution in [3.05, 3.63) is 52.6 Å². The minimum atomic E-state index is 0.603. The van der Waals surface area contributed by atoms with Crippen LogP contribution >= 0.6 is 0 Å². The van der Waals surface area contributed by atoms with Crippen molar-refractivity contribution in [1.29, 1.82) is 0 Å². The van der Waals surface area contributed by atoms with Gasteiger partial charge >= 0.3 is 0 Å². The first-order chi connectivity index (χ1) is 12.0. The lowest BCUT2D eigenvalue weighted by atomic mass is 10.0. The third kappa shape index (κ3) is 4.44. The van der Waals surface area contributed by atoms with Crippen LogP contribution in [0.25, 0.3) is 0 Å². The first kappa shape index (κ1) is 18.6. The zero-order chi connectivity index (χ0) is 18.4. The first-order valence-corrected chi connectivity index (χ1v) is 8.13. The summed E-state index contributed by atoms with van der Waals surface area (Å²) in [6.07, 6.45) is 0. The van der Waals surface area contributed by atoms with E-state index in [9.17, 15) is 0 Å². The Hall–Kier alpha value is -2.69. The second kappa shape index (κ2) is 8.42. The van der Waals surface area contributed by atoms with Crippen LogP contribution in [0.15, 0.2) is 35.4 Å². The fourth-order valence-electron chi connectivity index (χ4n) is 2.79. The number of nitrogens with one attached hydrogen (secondary N) is 1. The summed E-state index contributed by atoms with van der Waals surface area (Å²) < 4.78 is 16.0. The molecule has 2 rings (SSSR count). The van der Waals surface area contributed by atoms with Crippen molar-refractivity contribution in [3.8, 4) is 17.2 Å². The van der Waals surface area contributed by atoms with E-state index in [1.807, 2.05) is 39.0 Å². The zero-order valence-corrected chi connectivity index (χ0v) is 15.8.